The predicted octanol–water partition coefficient (Wildman–Crippen LogP) is 1.64. The van der Waals surface area contributed by atoms with Crippen molar-refractivity contribution in [3.63, 3.8) is 0 Å². The van der Waals surface area contributed by atoms with Crippen LogP contribution in [0.2, 0.25) is 0 Å². The van der Waals surface area contributed by atoms with Crippen LogP contribution in [-0.4, -0.2) is 25.7 Å². The summed E-state index contributed by atoms with van der Waals surface area (Å²) >= 11 is 0. The molecule has 94 valence electrons. The zero-order chi connectivity index (χ0) is 13.1. The van der Waals surface area contributed by atoms with E-state index in [1.807, 2.05) is 0 Å². The summed E-state index contributed by atoms with van der Waals surface area (Å²) in [6.07, 6.45) is 1.37. The quantitative estimate of drug-likeness (QED) is 0.873. The van der Waals surface area contributed by atoms with Crippen molar-refractivity contribution < 1.29 is 22.7 Å². The predicted molar refractivity (Wildman–Crippen MR) is 60.1 cm³/mol. The summed E-state index contributed by atoms with van der Waals surface area (Å²) in [5, 5.41) is 8.48. The van der Waals surface area contributed by atoms with Crippen LogP contribution in [0.15, 0.2) is 23.1 Å². The number of carbonyl (C=O) groups is 1. The second kappa shape index (κ2) is 5.27. The Morgan fingerprint density at radius 3 is 2.59 bits per heavy atom. The van der Waals surface area contributed by atoms with E-state index in [9.17, 15) is 17.6 Å². The molecule has 0 saturated heterocycles. The standard InChI is InChI=1S/C11H13FO4S/c1-17(15,16)11-8(4-2-6-9(11)12)5-3-7-10(13)14/h2,4,6H,3,5,7H2,1H3,(H,13,14). The number of halogens is 1. The van der Waals surface area contributed by atoms with Gasteiger partial charge >= 0.3 is 5.97 Å². The summed E-state index contributed by atoms with van der Waals surface area (Å²) in [6, 6.07) is 4.00. The van der Waals surface area contributed by atoms with Gasteiger partial charge in [0.15, 0.2) is 9.84 Å². The summed E-state index contributed by atoms with van der Waals surface area (Å²) < 4.78 is 36.3. The highest BCUT2D eigenvalue weighted by Gasteiger charge is 2.18. The number of benzene rings is 1. The van der Waals surface area contributed by atoms with Crippen molar-refractivity contribution in [2.45, 2.75) is 24.2 Å². The molecule has 1 aromatic carbocycles. The van der Waals surface area contributed by atoms with E-state index < -0.39 is 21.6 Å². The van der Waals surface area contributed by atoms with Gasteiger partial charge in [-0.2, -0.15) is 0 Å². The molecule has 6 heteroatoms. The van der Waals surface area contributed by atoms with Crippen molar-refractivity contribution in [3.8, 4) is 0 Å². The van der Waals surface area contributed by atoms with Crippen LogP contribution in [0, 0.1) is 5.82 Å². The molecule has 0 atom stereocenters. The minimum Gasteiger partial charge on any atom is -0.481 e. The Balaban J connectivity index is 3.00. The van der Waals surface area contributed by atoms with Crippen LogP contribution in [-0.2, 0) is 21.1 Å². The van der Waals surface area contributed by atoms with Crippen molar-refractivity contribution in [1.82, 2.24) is 0 Å². The molecule has 1 rings (SSSR count). The molecule has 0 spiro atoms. The van der Waals surface area contributed by atoms with E-state index in [2.05, 4.69) is 0 Å². The number of carboxylic acid groups (broad SMARTS) is 1. The Bertz CT molecular complexity index is 522. The summed E-state index contributed by atoms with van der Waals surface area (Å²) in [4.78, 5) is 10.0. The first kappa shape index (κ1) is 13.6. The van der Waals surface area contributed by atoms with Crippen LogP contribution in [0.4, 0.5) is 4.39 Å². The van der Waals surface area contributed by atoms with Gasteiger partial charge in [0.2, 0.25) is 0 Å². The van der Waals surface area contributed by atoms with E-state index in [0.717, 1.165) is 12.3 Å². The van der Waals surface area contributed by atoms with E-state index in [-0.39, 0.29) is 24.2 Å². The second-order valence-electron chi connectivity index (χ2n) is 3.75. The first-order chi connectivity index (χ1) is 7.82. The van der Waals surface area contributed by atoms with Crippen LogP contribution in [0.25, 0.3) is 0 Å². The fourth-order valence-electron chi connectivity index (χ4n) is 1.60. The van der Waals surface area contributed by atoms with Gasteiger partial charge in [-0.25, -0.2) is 12.8 Å². The van der Waals surface area contributed by atoms with E-state index in [1.54, 1.807) is 0 Å². The third-order valence-corrected chi connectivity index (χ3v) is 3.45. The van der Waals surface area contributed by atoms with E-state index >= 15 is 0 Å². The Kier molecular flexibility index (Phi) is 4.22. The number of hydrogen-bond acceptors (Lipinski definition) is 3. The fourth-order valence-corrected chi connectivity index (χ4v) is 2.66. The molecule has 0 amide bonds. The van der Waals surface area contributed by atoms with E-state index in [4.69, 9.17) is 5.11 Å². The van der Waals surface area contributed by atoms with Crippen molar-refractivity contribution in [3.05, 3.63) is 29.6 Å². The van der Waals surface area contributed by atoms with Gasteiger partial charge in [-0.3, -0.25) is 4.79 Å². The zero-order valence-corrected chi connectivity index (χ0v) is 10.1. The summed E-state index contributed by atoms with van der Waals surface area (Å²) in [5.41, 5.74) is 0.328. The van der Waals surface area contributed by atoms with E-state index in [0.29, 0.717) is 5.56 Å². The molecule has 0 aliphatic carbocycles. The van der Waals surface area contributed by atoms with Crippen LogP contribution < -0.4 is 0 Å². The first-order valence-electron chi connectivity index (χ1n) is 5.01. The molecule has 0 fully saturated rings. The SMILES string of the molecule is CS(=O)(=O)c1c(F)cccc1CCCC(=O)O. The largest absolute Gasteiger partial charge is 0.481 e. The molecular formula is C11H13FO4S. The smallest absolute Gasteiger partial charge is 0.303 e. The molecule has 0 saturated carbocycles. The molecule has 0 radical (unpaired) electrons. The van der Waals surface area contributed by atoms with Gasteiger partial charge in [0.1, 0.15) is 10.7 Å². The normalized spacial score (nSPS) is 11.4. The first-order valence-corrected chi connectivity index (χ1v) is 6.90. The second-order valence-corrected chi connectivity index (χ2v) is 5.70. The Morgan fingerprint density at radius 1 is 1.41 bits per heavy atom. The minimum atomic E-state index is -3.64. The summed E-state index contributed by atoms with van der Waals surface area (Å²) in [5.74, 6) is -1.75. The highest BCUT2D eigenvalue weighted by molar-refractivity contribution is 7.90. The average Bonchev–Trinajstić information content (AvgIpc) is 2.14. The number of carboxylic acids is 1. The molecule has 0 aliphatic rings. The van der Waals surface area contributed by atoms with Crippen LogP contribution in [0.3, 0.4) is 0 Å². The Hall–Kier alpha value is -1.43. The molecule has 0 heterocycles. The maximum Gasteiger partial charge on any atom is 0.303 e. The fraction of sp³-hybridized carbons (Fsp3) is 0.364. The summed E-state index contributed by atoms with van der Waals surface area (Å²) in [7, 11) is -3.64. The van der Waals surface area contributed by atoms with Gasteiger partial charge in [-0.15, -0.1) is 0 Å². The van der Waals surface area contributed by atoms with Crippen molar-refractivity contribution in [2.75, 3.05) is 6.26 Å². The molecule has 0 aromatic heterocycles. The Morgan fingerprint density at radius 2 is 2.06 bits per heavy atom. The van der Waals surface area contributed by atoms with E-state index in [1.165, 1.54) is 12.1 Å². The Labute approximate surface area is 99.0 Å². The maximum atomic E-state index is 13.4. The monoisotopic (exact) mass is 260 g/mol. The maximum absolute atomic E-state index is 13.4. The molecule has 17 heavy (non-hydrogen) atoms. The topological polar surface area (TPSA) is 71.4 Å². The molecular weight excluding hydrogens is 247 g/mol. The molecule has 0 unspecified atom stereocenters. The molecule has 4 nitrogen and oxygen atoms in total. The molecule has 1 aromatic rings. The molecule has 1 N–H and O–H groups in total. The molecule has 0 bridgehead atoms. The highest BCUT2D eigenvalue weighted by Crippen LogP contribution is 2.21. The van der Waals surface area contributed by atoms with Gasteiger partial charge < -0.3 is 5.11 Å². The highest BCUT2D eigenvalue weighted by atomic mass is 32.2. The van der Waals surface area contributed by atoms with Gasteiger partial charge in [-0.1, -0.05) is 12.1 Å². The van der Waals surface area contributed by atoms with Crippen LogP contribution in [0.5, 0.6) is 0 Å². The third kappa shape index (κ3) is 3.81. The number of hydrogen-bond donors (Lipinski definition) is 1. The zero-order valence-electron chi connectivity index (χ0n) is 9.31. The van der Waals surface area contributed by atoms with Crippen molar-refractivity contribution in [2.24, 2.45) is 0 Å². The summed E-state index contributed by atoms with van der Waals surface area (Å²) in [6.45, 7) is 0. The molecule has 0 aliphatic heterocycles. The lowest BCUT2D eigenvalue weighted by molar-refractivity contribution is -0.137. The average molecular weight is 260 g/mol. The lowest BCUT2D eigenvalue weighted by atomic mass is 10.1. The number of aryl methyl sites for hydroxylation is 1. The van der Waals surface area contributed by atoms with Crippen LogP contribution >= 0.6 is 0 Å². The third-order valence-electron chi connectivity index (χ3n) is 2.26. The van der Waals surface area contributed by atoms with Crippen LogP contribution in [0.1, 0.15) is 18.4 Å². The number of aliphatic carboxylic acids is 1. The van der Waals surface area contributed by atoms with Gasteiger partial charge in [0.25, 0.3) is 0 Å². The van der Waals surface area contributed by atoms with Gasteiger partial charge in [0.05, 0.1) is 0 Å². The lowest BCUT2D eigenvalue weighted by Crippen LogP contribution is -2.06. The van der Waals surface area contributed by atoms with Crippen molar-refractivity contribution in [1.29, 1.82) is 0 Å². The van der Waals surface area contributed by atoms with Gasteiger partial charge in [-0.05, 0) is 24.5 Å². The minimum absolute atomic E-state index is 0.0697. The van der Waals surface area contributed by atoms with Crippen molar-refractivity contribution >= 4 is 15.8 Å². The lowest BCUT2D eigenvalue weighted by Gasteiger charge is -2.08. The van der Waals surface area contributed by atoms with Gasteiger partial charge in [0, 0.05) is 12.7 Å². The number of rotatable bonds is 5. The number of sulfone groups is 1.